The quantitative estimate of drug-likeness (QED) is 0.780. The molecule has 1 fully saturated rings. The molecule has 0 bridgehead atoms. The largest absolute Gasteiger partial charge is 0.447 e. The Morgan fingerprint density at radius 3 is 3.11 bits per heavy atom. The molecule has 0 N–H and O–H groups in total. The summed E-state index contributed by atoms with van der Waals surface area (Å²) in [4.78, 5) is 15.8. The van der Waals surface area contributed by atoms with Gasteiger partial charge in [0, 0.05) is 13.1 Å². The van der Waals surface area contributed by atoms with Crippen LogP contribution in [0.5, 0.6) is 0 Å². The van der Waals surface area contributed by atoms with E-state index in [1.54, 1.807) is 11.0 Å². The fourth-order valence-electron chi connectivity index (χ4n) is 2.78. The molecule has 2 aliphatic rings. The number of hydrogen-bond acceptors (Lipinski definition) is 3. The van der Waals surface area contributed by atoms with Gasteiger partial charge in [-0.05, 0) is 30.7 Å². The van der Waals surface area contributed by atoms with Crippen molar-refractivity contribution in [1.29, 1.82) is 0 Å². The molecule has 102 valence electrons. The highest BCUT2D eigenvalue weighted by Gasteiger charge is 2.36. The maximum atomic E-state index is 13.5. The van der Waals surface area contributed by atoms with Gasteiger partial charge >= 0.3 is 6.09 Å². The second-order valence-electron chi connectivity index (χ2n) is 5.03. The van der Waals surface area contributed by atoms with Crippen molar-refractivity contribution in [3.63, 3.8) is 0 Å². The van der Waals surface area contributed by atoms with Crippen molar-refractivity contribution in [1.82, 2.24) is 4.90 Å². The number of anilines is 1. The van der Waals surface area contributed by atoms with Gasteiger partial charge in [-0.25, -0.2) is 9.18 Å². The van der Waals surface area contributed by atoms with Crippen molar-refractivity contribution in [3.05, 3.63) is 29.6 Å². The minimum atomic E-state index is -0.359. The van der Waals surface area contributed by atoms with Gasteiger partial charge in [-0.2, -0.15) is 0 Å². The zero-order chi connectivity index (χ0) is 13.4. The Morgan fingerprint density at radius 1 is 1.47 bits per heavy atom. The zero-order valence-corrected chi connectivity index (χ0v) is 10.9. The van der Waals surface area contributed by atoms with Crippen LogP contribution in [0.25, 0.3) is 0 Å². The second kappa shape index (κ2) is 4.81. The Morgan fingerprint density at radius 2 is 2.32 bits per heavy atom. The molecule has 1 atom stereocenters. The maximum Gasteiger partial charge on any atom is 0.414 e. The fourth-order valence-corrected chi connectivity index (χ4v) is 2.78. The lowest BCUT2D eigenvalue weighted by molar-refractivity contribution is 0.177. The fraction of sp³-hybridized carbons (Fsp3) is 0.500. The Bertz CT molecular complexity index is 506. The van der Waals surface area contributed by atoms with Crippen LogP contribution in [-0.4, -0.2) is 36.7 Å². The molecule has 1 saturated heterocycles. The summed E-state index contributed by atoms with van der Waals surface area (Å²) in [5.41, 5.74) is 1.64. The van der Waals surface area contributed by atoms with Crippen LogP contribution in [0, 0.1) is 5.82 Å². The molecule has 1 aromatic rings. The van der Waals surface area contributed by atoms with Crippen LogP contribution in [0.15, 0.2) is 18.2 Å². The minimum absolute atomic E-state index is 0.0161. The summed E-state index contributed by atoms with van der Waals surface area (Å²) < 4.78 is 18.6. The number of fused-ring (bicyclic) bond motifs is 3. The molecule has 0 aliphatic carbocycles. The number of halogens is 1. The Balaban J connectivity index is 2.06. The number of carbonyl (C=O) groups excluding carboxylic acids is 1. The molecular weight excluding hydrogens is 247 g/mol. The van der Waals surface area contributed by atoms with Crippen molar-refractivity contribution in [3.8, 4) is 0 Å². The van der Waals surface area contributed by atoms with Crippen LogP contribution < -0.4 is 4.90 Å². The van der Waals surface area contributed by atoms with Gasteiger partial charge in [0.15, 0.2) is 0 Å². The highest BCUT2D eigenvalue weighted by Crippen LogP contribution is 2.32. The lowest BCUT2D eigenvalue weighted by Gasteiger charge is -2.31. The van der Waals surface area contributed by atoms with E-state index >= 15 is 0 Å². The van der Waals surface area contributed by atoms with E-state index in [4.69, 9.17) is 4.74 Å². The van der Waals surface area contributed by atoms with Gasteiger partial charge in [-0.1, -0.05) is 13.0 Å². The summed E-state index contributed by atoms with van der Waals surface area (Å²) >= 11 is 0. The summed E-state index contributed by atoms with van der Waals surface area (Å²) in [6, 6.07) is 4.67. The normalized spacial score (nSPS) is 23.4. The van der Waals surface area contributed by atoms with Crippen molar-refractivity contribution in [2.24, 2.45) is 0 Å². The smallest absolute Gasteiger partial charge is 0.414 e. The first-order chi connectivity index (χ1) is 9.19. The third-order valence-corrected chi connectivity index (χ3v) is 3.89. The SMILES string of the molecule is CCN1CC[C@H]2COC(=O)N2c2cc(F)ccc2C1. The van der Waals surface area contributed by atoms with E-state index in [9.17, 15) is 9.18 Å². The molecule has 3 rings (SSSR count). The minimum Gasteiger partial charge on any atom is -0.447 e. The zero-order valence-electron chi connectivity index (χ0n) is 10.9. The number of hydrogen-bond donors (Lipinski definition) is 0. The van der Waals surface area contributed by atoms with E-state index < -0.39 is 0 Å². The Labute approximate surface area is 111 Å². The van der Waals surface area contributed by atoms with Gasteiger partial charge in [0.05, 0.1) is 11.7 Å². The van der Waals surface area contributed by atoms with E-state index in [-0.39, 0.29) is 18.0 Å². The highest BCUT2D eigenvalue weighted by molar-refractivity contribution is 5.91. The monoisotopic (exact) mass is 264 g/mol. The maximum absolute atomic E-state index is 13.5. The summed E-state index contributed by atoms with van der Waals surface area (Å²) in [6.07, 6.45) is 0.497. The Hall–Kier alpha value is -1.62. The molecular formula is C14H17FN2O2. The topological polar surface area (TPSA) is 32.8 Å². The average molecular weight is 264 g/mol. The predicted molar refractivity (Wildman–Crippen MR) is 69.6 cm³/mol. The molecule has 1 aromatic carbocycles. The lowest BCUT2D eigenvalue weighted by atomic mass is 10.1. The van der Waals surface area contributed by atoms with Crippen LogP contribution in [0.3, 0.4) is 0 Å². The van der Waals surface area contributed by atoms with Crippen LogP contribution >= 0.6 is 0 Å². The highest BCUT2D eigenvalue weighted by atomic mass is 19.1. The van der Waals surface area contributed by atoms with E-state index in [1.165, 1.54) is 12.1 Å². The van der Waals surface area contributed by atoms with Gasteiger partial charge in [-0.3, -0.25) is 9.80 Å². The molecule has 0 radical (unpaired) electrons. The summed E-state index contributed by atoms with van der Waals surface area (Å²) in [5, 5.41) is 0. The standard InChI is InChI=1S/C14H17FN2O2/c1-2-16-6-5-12-9-19-14(18)17(12)13-7-11(15)4-3-10(13)8-16/h3-4,7,12H,2,5-6,8-9H2,1H3/t12-/m0/s1. The molecule has 5 heteroatoms. The predicted octanol–water partition coefficient (Wildman–Crippen LogP) is 2.38. The number of amides is 1. The average Bonchev–Trinajstić information content (AvgIpc) is 2.74. The first-order valence-corrected chi connectivity index (χ1v) is 6.66. The van der Waals surface area contributed by atoms with Crippen LogP contribution in [0.4, 0.5) is 14.9 Å². The van der Waals surface area contributed by atoms with E-state index in [0.29, 0.717) is 12.3 Å². The third-order valence-electron chi connectivity index (χ3n) is 3.89. The molecule has 1 amide bonds. The molecule has 2 aliphatic heterocycles. The van der Waals surface area contributed by atoms with E-state index in [0.717, 1.165) is 31.6 Å². The van der Waals surface area contributed by atoms with Crippen molar-refractivity contribution in [2.75, 3.05) is 24.6 Å². The summed E-state index contributed by atoms with van der Waals surface area (Å²) in [5.74, 6) is -0.319. The van der Waals surface area contributed by atoms with Crippen LogP contribution in [-0.2, 0) is 11.3 Å². The van der Waals surface area contributed by atoms with Gasteiger partial charge in [0.25, 0.3) is 0 Å². The molecule has 0 aromatic heterocycles. The van der Waals surface area contributed by atoms with Gasteiger partial charge < -0.3 is 4.74 Å². The van der Waals surface area contributed by atoms with Crippen molar-refractivity contribution < 1.29 is 13.9 Å². The molecule has 19 heavy (non-hydrogen) atoms. The summed E-state index contributed by atoms with van der Waals surface area (Å²) in [6.45, 7) is 5.11. The molecule has 2 heterocycles. The lowest BCUT2D eigenvalue weighted by Crippen LogP contribution is -2.40. The second-order valence-corrected chi connectivity index (χ2v) is 5.03. The van der Waals surface area contributed by atoms with E-state index in [1.807, 2.05) is 0 Å². The van der Waals surface area contributed by atoms with Gasteiger partial charge in [0.1, 0.15) is 12.4 Å². The van der Waals surface area contributed by atoms with Crippen LogP contribution in [0.2, 0.25) is 0 Å². The molecule has 0 saturated carbocycles. The third kappa shape index (κ3) is 2.18. The number of ether oxygens (including phenoxy) is 1. The van der Waals surface area contributed by atoms with Crippen LogP contribution in [0.1, 0.15) is 18.9 Å². The number of rotatable bonds is 1. The molecule has 0 unspecified atom stereocenters. The number of nitrogens with zero attached hydrogens (tertiary/aromatic N) is 2. The molecule has 0 spiro atoms. The van der Waals surface area contributed by atoms with Gasteiger partial charge in [0.2, 0.25) is 0 Å². The van der Waals surface area contributed by atoms with Crippen molar-refractivity contribution >= 4 is 11.8 Å². The number of cyclic esters (lactones) is 1. The van der Waals surface area contributed by atoms with E-state index in [2.05, 4.69) is 11.8 Å². The Kier molecular flexibility index (Phi) is 3.14. The first-order valence-electron chi connectivity index (χ1n) is 6.66. The number of benzene rings is 1. The first kappa shape index (κ1) is 12.4. The summed E-state index contributed by atoms with van der Waals surface area (Å²) in [7, 11) is 0. The van der Waals surface area contributed by atoms with Crippen molar-refractivity contribution in [2.45, 2.75) is 25.9 Å². The number of carbonyl (C=O) groups is 1. The van der Waals surface area contributed by atoms with Gasteiger partial charge in [-0.15, -0.1) is 0 Å². The molecule has 4 nitrogen and oxygen atoms in total.